The molecule has 0 fully saturated rings. The number of aldehydes is 1. The van der Waals surface area contributed by atoms with Gasteiger partial charge in [0.25, 0.3) is 0 Å². The molecule has 1 aromatic heterocycles. The maximum absolute atomic E-state index is 11.5. The first-order chi connectivity index (χ1) is 11.3. The fourth-order valence-electron chi connectivity index (χ4n) is 2.78. The Morgan fingerprint density at radius 1 is 0.783 bits per heavy atom. The molecular formula is C21H13NO. The standard InChI is InChI=1S/C21H13NO/c23-14-17-12-19-18-8-4-5-9-20(18)22-21(19)13-16(17)11-10-15-6-2-1-3-7-15/h1-9,12-14,22H. The lowest BCUT2D eigenvalue weighted by Gasteiger charge is -1.98. The van der Waals surface area contributed by atoms with Gasteiger partial charge in [-0.05, 0) is 30.3 Å². The molecule has 0 aliphatic rings. The van der Waals surface area contributed by atoms with Crippen molar-refractivity contribution in [3.8, 4) is 11.8 Å². The topological polar surface area (TPSA) is 32.9 Å². The lowest BCUT2D eigenvalue weighted by Crippen LogP contribution is -1.87. The summed E-state index contributed by atoms with van der Waals surface area (Å²) in [6.07, 6.45) is 0.871. The van der Waals surface area contributed by atoms with E-state index in [1.54, 1.807) is 0 Å². The van der Waals surface area contributed by atoms with Crippen LogP contribution in [-0.2, 0) is 0 Å². The SMILES string of the molecule is O=Cc1cc2c(cc1C#Cc1ccccc1)[nH]c1ccccc12. The third kappa shape index (κ3) is 2.39. The number of aromatic nitrogens is 1. The van der Waals surface area contributed by atoms with Gasteiger partial charge in [0.1, 0.15) is 0 Å². The lowest BCUT2D eigenvalue weighted by atomic mass is 10.0. The monoisotopic (exact) mass is 295 g/mol. The molecule has 108 valence electrons. The van der Waals surface area contributed by atoms with Crippen LogP contribution in [0.4, 0.5) is 0 Å². The Labute approximate surface area is 133 Å². The van der Waals surface area contributed by atoms with E-state index in [0.29, 0.717) is 5.56 Å². The largest absolute Gasteiger partial charge is 0.354 e. The highest BCUT2D eigenvalue weighted by Crippen LogP contribution is 2.27. The molecule has 1 N–H and O–H groups in total. The Bertz CT molecular complexity index is 1080. The molecule has 2 nitrogen and oxygen atoms in total. The first-order valence-electron chi connectivity index (χ1n) is 7.42. The van der Waals surface area contributed by atoms with E-state index in [-0.39, 0.29) is 0 Å². The summed E-state index contributed by atoms with van der Waals surface area (Å²) in [6.45, 7) is 0. The van der Waals surface area contributed by atoms with Gasteiger partial charge in [0.15, 0.2) is 6.29 Å². The molecule has 4 rings (SSSR count). The number of aromatic amines is 1. The van der Waals surface area contributed by atoms with Gasteiger partial charge in [0, 0.05) is 38.5 Å². The van der Waals surface area contributed by atoms with Crippen LogP contribution in [0.2, 0.25) is 0 Å². The van der Waals surface area contributed by atoms with Gasteiger partial charge in [-0.2, -0.15) is 0 Å². The number of nitrogens with one attached hydrogen (secondary N) is 1. The third-order valence-electron chi connectivity index (χ3n) is 3.92. The normalized spacial score (nSPS) is 10.4. The molecule has 0 spiro atoms. The zero-order valence-corrected chi connectivity index (χ0v) is 12.3. The average Bonchev–Trinajstić information content (AvgIpc) is 2.97. The molecule has 0 aliphatic carbocycles. The molecule has 0 amide bonds. The Morgan fingerprint density at radius 3 is 2.39 bits per heavy atom. The maximum atomic E-state index is 11.5. The van der Waals surface area contributed by atoms with Gasteiger partial charge in [-0.15, -0.1) is 0 Å². The number of para-hydroxylation sites is 1. The van der Waals surface area contributed by atoms with Crippen LogP contribution in [-0.4, -0.2) is 11.3 Å². The molecule has 2 heteroatoms. The minimum absolute atomic E-state index is 0.616. The highest BCUT2D eigenvalue weighted by atomic mass is 16.1. The van der Waals surface area contributed by atoms with E-state index in [1.807, 2.05) is 60.7 Å². The highest BCUT2D eigenvalue weighted by molar-refractivity contribution is 6.09. The summed E-state index contributed by atoms with van der Waals surface area (Å²) in [4.78, 5) is 14.8. The highest BCUT2D eigenvalue weighted by Gasteiger charge is 2.08. The van der Waals surface area contributed by atoms with Crippen molar-refractivity contribution in [3.63, 3.8) is 0 Å². The molecule has 3 aromatic carbocycles. The van der Waals surface area contributed by atoms with Crippen LogP contribution in [0.25, 0.3) is 21.8 Å². The summed E-state index contributed by atoms with van der Waals surface area (Å²) in [5.41, 5.74) is 4.34. The molecular weight excluding hydrogens is 282 g/mol. The molecule has 4 aromatic rings. The van der Waals surface area contributed by atoms with Crippen molar-refractivity contribution >= 4 is 28.1 Å². The second-order valence-corrected chi connectivity index (χ2v) is 5.39. The predicted molar refractivity (Wildman–Crippen MR) is 93.6 cm³/mol. The Balaban J connectivity index is 1.91. The average molecular weight is 295 g/mol. The molecule has 0 unspecified atom stereocenters. The second kappa shape index (κ2) is 5.47. The van der Waals surface area contributed by atoms with Gasteiger partial charge in [0.2, 0.25) is 0 Å². The fraction of sp³-hybridized carbons (Fsp3) is 0. The van der Waals surface area contributed by atoms with Crippen LogP contribution in [0, 0.1) is 11.8 Å². The Kier molecular flexibility index (Phi) is 3.18. The Morgan fingerprint density at radius 2 is 1.57 bits per heavy atom. The van der Waals surface area contributed by atoms with E-state index >= 15 is 0 Å². The van der Waals surface area contributed by atoms with Gasteiger partial charge in [-0.3, -0.25) is 4.79 Å². The summed E-state index contributed by atoms with van der Waals surface area (Å²) < 4.78 is 0. The van der Waals surface area contributed by atoms with E-state index in [2.05, 4.69) is 22.9 Å². The van der Waals surface area contributed by atoms with Crippen molar-refractivity contribution in [2.75, 3.05) is 0 Å². The van der Waals surface area contributed by atoms with Gasteiger partial charge < -0.3 is 4.98 Å². The van der Waals surface area contributed by atoms with Crippen molar-refractivity contribution in [2.45, 2.75) is 0 Å². The van der Waals surface area contributed by atoms with Crippen molar-refractivity contribution in [2.24, 2.45) is 0 Å². The molecule has 0 atom stereocenters. The van der Waals surface area contributed by atoms with E-state index in [0.717, 1.165) is 39.2 Å². The smallest absolute Gasteiger partial charge is 0.151 e. The van der Waals surface area contributed by atoms with Gasteiger partial charge in [-0.25, -0.2) is 0 Å². The predicted octanol–water partition coefficient (Wildman–Crippen LogP) is 4.53. The number of benzene rings is 3. The van der Waals surface area contributed by atoms with Crippen LogP contribution in [0.3, 0.4) is 0 Å². The number of carbonyl (C=O) groups excluding carboxylic acids is 1. The van der Waals surface area contributed by atoms with E-state index < -0.39 is 0 Å². The Hall–Kier alpha value is -3.31. The zero-order chi connectivity index (χ0) is 15.6. The quantitative estimate of drug-likeness (QED) is 0.406. The van der Waals surface area contributed by atoms with Crippen molar-refractivity contribution < 1.29 is 4.79 Å². The summed E-state index contributed by atoms with van der Waals surface area (Å²) in [6, 6.07) is 21.7. The summed E-state index contributed by atoms with van der Waals surface area (Å²) >= 11 is 0. The van der Waals surface area contributed by atoms with Crippen LogP contribution in [0.1, 0.15) is 21.5 Å². The molecule has 0 saturated carbocycles. The molecule has 0 radical (unpaired) electrons. The van der Waals surface area contributed by atoms with Crippen LogP contribution >= 0.6 is 0 Å². The number of hydrogen-bond acceptors (Lipinski definition) is 1. The molecule has 1 heterocycles. The van der Waals surface area contributed by atoms with Crippen molar-refractivity contribution in [1.29, 1.82) is 0 Å². The molecule has 0 aliphatic heterocycles. The van der Waals surface area contributed by atoms with Gasteiger partial charge in [-0.1, -0.05) is 48.2 Å². The first kappa shape index (κ1) is 13.4. The minimum Gasteiger partial charge on any atom is -0.354 e. The second-order valence-electron chi connectivity index (χ2n) is 5.39. The summed E-state index contributed by atoms with van der Waals surface area (Å²) in [5, 5.41) is 2.17. The minimum atomic E-state index is 0.616. The number of rotatable bonds is 1. The van der Waals surface area contributed by atoms with Crippen molar-refractivity contribution in [3.05, 3.63) is 83.4 Å². The number of carbonyl (C=O) groups is 1. The first-order valence-corrected chi connectivity index (χ1v) is 7.42. The molecule has 0 bridgehead atoms. The number of H-pyrrole nitrogens is 1. The van der Waals surface area contributed by atoms with Crippen molar-refractivity contribution in [1.82, 2.24) is 4.98 Å². The lowest BCUT2D eigenvalue weighted by molar-refractivity contribution is 0.112. The fourth-order valence-corrected chi connectivity index (χ4v) is 2.78. The van der Waals surface area contributed by atoms with E-state index in [9.17, 15) is 4.79 Å². The van der Waals surface area contributed by atoms with E-state index in [1.165, 1.54) is 0 Å². The summed E-state index contributed by atoms with van der Waals surface area (Å²) in [5.74, 6) is 6.23. The maximum Gasteiger partial charge on any atom is 0.151 e. The summed E-state index contributed by atoms with van der Waals surface area (Å²) in [7, 11) is 0. The van der Waals surface area contributed by atoms with E-state index in [4.69, 9.17) is 0 Å². The van der Waals surface area contributed by atoms with Crippen LogP contribution < -0.4 is 0 Å². The number of fused-ring (bicyclic) bond motifs is 3. The zero-order valence-electron chi connectivity index (χ0n) is 12.3. The molecule has 23 heavy (non-hydrogen) atoms. The van der Waals surface area contributed by atoms with Gasteiger partial charge >= 0.3 is 0 Å². The van der Waals surface area contributed by atoms with Gasteiger partial charge in [0.05, 0.1) is 0 Å². The third-order valence-corrected chi connectivity index (χ3v) is 3.92. The number of hydrogen-bond donors (Lipinski definition) is 1. The molecule has 0 saturated heterocycles. The van der Waals surface area contributed by atoms with Crippen LogP contribution in [0.5, 0.6) is 0 Å². The van der Waals surface area contributed by atoms with Crippen LogP contribution in [0.15, 0.2) is 66.7 Å².